The molecule has 162 valence electrons. The third-order valence-electron chi connectivity index (χ3n) is 5.25. The number of anilines is 1. The Labute approximate surface area is 184 Å². The van der Waals surface area contributed by atoms with Crippen molar-refractivity contribution < 1.29 is 13.9 Å². The van der Waals surface area contributed by atoms with Gasteiger partial charge in [0.2, 0.25) is 0 Å². The molecule has 32 heavy (non-hydrogen) atoms. The van der Waals surface area contributed by atoms with Gasteiger partial charge in [-0.2, -0.15) is 0 Å². The summed E-state index contributed by atoms with van der Waals surface area (Å²) >= 11 is 0. The van der Waals surface area contributed by atoms with Crippen LogP contribution >= 0.6 is 0 Å². The number of methoxy groups -OCH3 is 1. The fourth-order valence-electron chi connectivity index (χ4n) is 3.58. The number of benzene rings is 1. The lowest BCUT2D eigenvalue weighted by molar-refractivity contribution is 0.102. The fraction of sp³-hybridized carbons (Fsp3) is 0.174. The number of carbonyl (C=O) groups excluding carboxylic acids is 1. The molecule has 0 bridgehead atoms. The number of carbonyl (C=O) groups is 1. The molecule has 0 aliphatic carbocycles. The van der Waals surface area contributed by atoms with Crippen LogP contribution in [0.4, 0.5) is 10.1 Å². The summed E-state index contributed by atoms with van der Waals surface area (Å²) in [6, 6.07) is 7.42. The molecule has 0 saturated heterocycles. The zero-order valence-electron chi connectivity index (χ0n) is 17.6. The van der Waals surface area contributed by atoms with E-state index in [-0.39, 0.29) is 23.5 Å². The van der Waals surface area contributed by atoms with Crippen LogP contribution in [0.3, 0.4) is 0 Å². The van der Waals surface area contributed by atoms with E-state index in [0.29, 0.717) is 28.5 Å². The number of pyridine rings is 1. The van der Waals surface area contributed by atoms with Crippen LogP contribution < -0.4 is 15.8 Å². The van der Waals surface area contributed by atoms with Crippen LogP contribution in [0.15, 0.2) is 60.4 Å². The topological polar surface area (TPSA) is 115 Å². The van der Waals surface area contributed by atoms with Gasteiger partial charge in [-0.25, -0.2) is 19.3 Å². The molecule has 0 fully saturated rings. The Balaban J connectivity index is 1.69. The van der Waals surface area contributed by atoms with E-state index in [1.165, 1.54) is 43.6 Å². The lowest BCUT2D eigenvalue weighted by Gasteiger charge is -2.32. The Hall–Kier alpha value is -4.14. The summed E-state index contributed by atoms with van der Waals surface area (Å²) in [5, 5.41) is 2.73. The Bertz CT molecular complexity index is 1240. The van der Waals surface area contributed by atoms with E-state index in [4.69, 9.17) is 10.5 Å². The van der Waals surface area contributed by atoms with Gasteiger partial charge in [-0.05, 0) is 37.3 Å². The summed E-state index contributed by atoms with van der Waals surface area (Å²) in [6.45, 7) is 5.64. The number of nitrogens with one attached hydrogen (secondary N) is 1. The molecule has 8 nitrogen and oxygen atoms in total. The van der Waals surface area contributed by atoms with Gasteiger partial charge in [0.05, 0.1) is 24.6 Å². The van der Waals surface area contributed by atoms with Gasteiger partial charge in [0.1, 0.15) is 34.5 Å². The summed E-state index contributed by atoms with van der Waals surface area (Å²) in [5.74, 6) is 0.354. The molecular formula is C23H21FN6O2. The minimum atomic E-state index is -1.18. The highest BCUT2D eigenvalue weighted by atomic mass is 19.1. The molecule has 0 radical (unpaired) electrons. The number of aryl methyl sites for hydroxylation is 1. The largest absolute Gasteiger partial charge is 0.495 e. The number of rotatable bonds is 5. The second kappa shape index (κ2) is 8.18. The van der Waals surface area contributed by atoms with Crippen molar-refractivity contribution in [1.82, 2.24) is 15.0 Å². The molecule has 9 heteroatoms. The van der Waals surface area contributed by atoms with Crippen molar-refractivity contribution in [3.63, 3.8) is 0 Å². The van der Waals surface area contributed by atoms with Gasteiger partial charge in [-0.3, -0.25) is 9.79 Å². The van der Waals surface area contributed by atoms with Crippen molar-refractivity contribution in [3.8, 4) is 5.75 Å². The number of aromatic nitrogens is 3. The summed E-state index contributed by atoms with van der Waals surface area (Å²) in [4.78, 5) is 29.8. The van der Waals surface area contributed by atoms with E-state index < -0.39 is 17.3 Å². The molecule has 1 aromatic carbocycles. The third-order valence-corrected chi connectivity index (χ3v) is 5.25. The average molecular weight is 432 g/mol. The Morgan fingerprint density at radius 3 is 2.78 bits per heavy atom. The maximum absolute atomic E-state index is 15.0. The Morgan fingerprint density at radius 1 is 1.28 bits per heavy atom. The zero-order valence-corrected chi connectivity index (χ0v) is 17.6. The van der Waals surface area contributed by atoms with Crippen molar-refractivity contribution in [2.75, 3.05) is 12.4 Å². The smallest absolute Gasteiger partial charge is 0.274 e. The second-order valence-corrected chi connectivity index (χ2v) is 7.31. The summed E-state index contributed by atoms with van der Waals surface area (Å²) in [5.41, 5.74) is 7.04. The molecule has 1 aliphatic heterocycles. The molecule has 1 aliphatic rings. The van der Waals surface area contributed by atoms with Crippen LogP contribution in [0.2, 0.25) is 0 Å². The minimum Gasteiger partial charge on any atom is -0.495 e. The minimum absolute atomic E-state index is 0.191. The number of aliphatic imine (C=N–C) groups is 1. The van der Waals surface area contributed by atoms with Crippen LogP contribution in [0.1, 0.15) is 33.1 Å². The van der Waals surface area contributed by atoms with Crippen molar-refractivity contribution in [2.45, 2.75) is 18.9 Å². The Morgan fingerprint density at radius 2 is 2.09 bits per heavy atom. The quantitative estimate of drug-likeness (QED) is 0.599. The fourth-order valence-corrected chi connectivity index (χ4v) is 3.58. The number of nitrogens with two attached hydrogens (primary N) is 1. The molecule has 3 heterocycles. The van der Waals surface area contributed by atoms with E-state index in [2.05, 4.69) is 31.8 Å². The van der Waals surface area contributed by atoms with E-state index in [1.54, 1.807) is 19.2 Å². The first-order valence-electron chi connectivity index (χ1n) is 9.78. The molecule has 4 rings (SSSR count). The van der Waals surface area contributed by atoms with Crippen LogP contribution in [0.25, 0.3) is 0 Å². The first kappa shape index (κ1) is 21.1. The summed E-state index contributed by atoms with van der Waals surface area (Å²) < 4.78 is 20.0. The first-order chi connectivity index (χ1) is 15.3. The normalized spacial score (nSPS) is 17.2. The molecule has 1 amide bonds. The summed E-state index contributed by atoms with van der Waals surface area (Å²) in [6.07, 6.45) is 4.84. The van der Waals surface area contributed by atoms with E-state index >= 15 is 0 Å². The van der Waals surface area contributed by atoms with Crippen molar-refractivity contribution >= 4 is 17.4 Å². The second-order valence-electron chi connectivity index (χ2n) is 7.31. The summed E-state index contributed by atoms with van der Waals surface area (Å²) in [7, 11) is 1.51. The third kappa shape index (κ3) is 3.80. The van der Waals surface area contributed by atoms with Gasteiger partial charge in [-0.1, -0.05) is 6.08 Å². The molecular weight excluding hydrogens is 411 g/mol. The van der Waals surface area contributed by atoms with Gasteiger partial charge in [0.15, 0.2) is 0 Å². The van der Waals surface area contributed by atoms with E-state index in [1.807, 2.05) is 0 Å². The number of amidine groups is 1. The van der Waals surface area contributed by atoms with Gasteiger partial charge < -0.3 is 15.8 Å². The van der Waals surface area contributed by atoms with E-state index in [0.717, 1.165) is 0 Å². The van der Waals surface area contributed by atoms with Crippen molar-refractivity contribution in [3.05, 3.63) is 89.5 Å². The van der Waals surface area contributed by atoms with Gasteiger partial charge >= 0.3 is 0 Å². The molecule has 2 aromatic heterocycles. The maximum atomic E-state index is 15.0. The highest BCUT2D eigenvalue weighted by Crippen LogP contribution is 2.38. The monoisotopic (exact) mass is 432 g/mol. The number of hydrogen-bond donors (Lipinski definition) is 2. The van der Waals surface area contributed by atoms with Crippen LogP contribution in [-0.4, -0.2) is 33.8 Å². The van der Waals surface area contributed by atoms with Crippen molar-refractivity contribution in [2.24, 2.45) is 10.7 Å². The predicted octanol–water partition coefficient (Wildman–Crippen LogP) is 2.92. The van der Waals surface area contributed by atoms with Gasteiger partial charge in [-0.15, -0.1) is 6.58 Å². The van der Waals surface area contributed by atoms with Crippen LogP contribution in [0, 0.1) is 12.7 Å². The standard InChI is InChI=1S/C23H21FN6O2/c1-4-23(10-20-16(21(25)30-23)12-26-13(2)28-20)17-9-14(5-7-18(17)24)29-22(31)19-8-6-15(32-3)11-27-19/h4-9,11-12H,1,10H2,2-3H3,(H2,25,30)(H,29,31)/t23-/m0/s1. The molecule has 0 unspecified atom stereocenters. The lowest BCUT2D eigenvalue weighted by atomic mass is 9.82. The van der Waals surface area contributed by atoms with E-state index in [9.17, 15) is 9.18 Å². The highest BCUT2D eigenvalue weighted by molar-refractivity contribution is 6.03. The number of fused-ring (bicyclic) bond motifs is 1. The molecule has 3 N–H and O–H groups in total. The van der Waals surface area contributed by atoms with Crippen LogP contribution in [-0.2, 0) is 12.0 Å². The number of nitrogens with zero attached hydrogens (tertiary/aromatic N) is 4. The first-order valence-corrected chi connectivity index (χ1v) is 9.78. The number of amides is 1. The van der Waals surface area contributed by atoms with Gasteiger partial charge in [0.25, 0.3) is 5.91 Å². The number of halogens is 1. The Kier molecular flexibility index (Phi) is 5.40. The highest BCUT2D eigenvalue weighted by Gasteiger charge is 2.37. The molecule has 1 atom stereocenters. The average Bonchev–Trinajstić information content (AvgIpc) is 2.79. The number of hydrogen-bond acceptors (Lipinski definition) is 7. The predicted molar refractivity (Wildman–Crippen MR) is 118 cm³/mol. The number of ether oxygens (including phenoxy) is 1. The van der Waals surface area contributed by atoms with Gasteiger partial charge in [0, 0.05) is 23.9 Å². The molecule has 3 aromatic rings. The van der Waals surface area contributed by atoms with Crippen LogP contribution in [0.5, 0.6) is 5.75 Å². The molecule has 0 saturated carbocycles. The van der Waals surface area contributed by atoms with Crippen molar-refractivity contribution in [1.29, 1.82) is 0 Å². The lowest BCUT2D eigenvalue weighted by Crippen LogP contribution is -2.36. The zero-order chi connectivity index (χ0) is 22.9. The SMILES string of the molecule is C=C[C@@]1(c2cc(NC(=O)c3ccc(OC)cn3)ccc2F)Cc2nc(C)ncc2C(N)=N1. The molecule has 0 spiro atoms. The maximum Gasteiger partial charge on any atom is 0.274 e.